The van der Waals surface area contributed by atoms with Crippen molar-refractivity contribution < 1.29 is 0 Å². The van der Waals surface area contributed by atoms with Gasteiger partial charge >= 0.3 is 0 Å². The van der Waals surface area contributed by atoms with Gasteiger partial charge in [0.15, 0.2) is 0 Å². The summed E-state index contributed by atoms with van der Waals surface area (Å²) in [5.41, 5.74) is 3.98. The summed E-state index contributed by atoms with van der Waals surface area (Å²) in [4.78, 5) is 9.55. The molecule has 0 amide bonds. The fourth-order valence-electron chi connectivity index (χ4n) is 2.87. The summed E-state index contributed by atoms with van der Waals surface area (Å²) in [7, 11) is 0. The highest BCUT2D eigenvalue weighted by molar-refractivity contribution is 14.1. The van der Waals surface area contributed by atoms with Crippen molar-refractivity contribution in [2.75, 3.05) is 11.9 Å². The Hall–Kier alpha value is -1.17. The zero-order valence-corrected chi connectivity index (χ0v) is 14.6. The molecule has 1 heterocycles. The SMILES string of the molecule is CCCNc1nc(C2Cc3ccccc3C2)nc(C)c1I. The fraction of sp³-hybridized carbons (Fsp3) is 0.412. The summed E-state index contributed by atoms with van der Waals surface area (Å²) in [6, 6.07) is 8.70. The molecular weight excluding hydrogens is 373 g/mol. The van der Waals surface area contributed by atoms with Crippen LogP contribution in [0.5, 0.6) is 0 Å². The number of anilines is 1. The number of aromatic nitrogens is 2. The molecule has 0 saturated carbocycles. The number of fused-ring (bicyclic) bond motifs is 1. The van der Waals surface area contributed by atoms with E-state index in [2.05, 4.69) is 66.0 Å². The molecule has 0 unspecified atom stereocenters. The van der Waals surface area contributed by atoms with Gasteiger partial charge in [0, 0.05) is 12.5 Å². The second-order valence-corrected chi connectivity index (χ2v) is 6.71. The zero-order valence-electron chi connectivity index (χ0n) is 12.5. The lowest BCUT2D eigenvalue weighted by molar-refractivity contribution is 0.677. The highest BCUT2D eigenvalue weighted by Crippen LogP contribution is 2.33. The van der Waals surface area contributed by atoms with Gasteiger partial charge in [-0.1, -0.05) is 31.2 Å². The van der Waals surface area contributed by atoms with Crippen LogP contribution >= 0.6 is 22.6 Å². The number of rotatable bonds is 4. The Labute approximate surface area is 139 Å². The number of halogens is 1. The molecule has 0 saturated heterocycles. The minimum absolute atomic E-state index is 0.417. The van der Waals surface area contributed by atoms with Crippen LogP contribution in [0.25, 0.3) is 0 Å². The highest BCUT2D eigenvalue weighted by Gasteiger charge is 2.25. The number of nitrogens with one attached hydrogen (secondary N) is 1. The maximum Gasteiger partial charge on any atom is 0.143 e. The third kappa shape index (κ3) is 3.05. The van der Waals surface area contributed by atoms with E-state index in [1.54, 1.807) is 0 Å². The van der Waals surface area contributed by atoms with Crippen LogP contribution in [0, 0.1) is 10.5 Å². The molecule has 3 rings (SSSR count). The molecule has 2 aromatic rings. The Morgan fingerprint density at radius 3 is 2.48 bits per heavy atom. The van der Waals surface area contributed by atoms with Gasteiger partial charge in [-0.25, -0.2) is 9.97 Å². The molecule has 0 fully saturated rings. The van der Waals surface area contributed by atoms with E-state index in [9.17, 15) is 0 Å². The normalized spacial score (nSPS) is 14.2. The largest absolute Gasteiger partial charge is 0.369 e. The van der Waals surface area contributed by atoms with Crippen molar-refractivity contribution in [2.24, 2.45) is 0 Å². The summed E-state index contributed by atoms with van der Waals surface area (Å²) < 4.78 is 1.14. The van der Waals surface area contributed by atoms with Crippen molar-refractivity contribution in [3.05, 3.63) is 50.5 Å². The van der Waals surface area contributed by atoms with Crippen LogP contribution in [-0.4, -0.2) is 16.5 Å². The van der Waals surface area contributed by atoms with Gasteiger partial charge in [-0.15, -0.1) is 0 Å². The third-order valence-corrected chi connectivity index (χ3v) is 5.28. The van der Waals surface area contributed by atoms with Gasteiger partial charge in [0.25, 0.3) is 0 Å². The first-order valence-electron chi connectivity index (χ1n) is 7.53. The van der Waals surface area contributed by atoms with Crippen molar-refractivity contribution in [3.8, 4) is 0 Å². The smallest absolute Gasteiger partial charge is 0.143 e. The van der Waals surface area contributed by atoms with Crippen LogP contribution in [0.4, 0.5) is 5.82 Å². The molecule has 0 bridgehead atoms. The molecule has 21 heavy (non-hydrogen) atoms. The molecule has 0 spiro atoms. The minimum atomic E-state index is 0.417. The second-order valence-electron chi connectivity index (χ2n) is 5.63. The lowest BCUT2D eigenvalue weighted by atomic mass is 10.1. The minimum Gasteiger partial charge on any atom is -0.369 e. The molecule has 0 radical (unpaired) electrons. The van der Waals surface area contributed by atoms with Crippen molar-refractivity contribution >= 4 is 28.4 Å². The van der Waals surface area contributed by atoms with Crippen LogP contribution < -0.4 is 5.32 Å². The monoisotopic (exact) mass is 393 g/mol. The van der Waals surface area contributed by atoms with Gasteiger partial charge in [-0.3, -0.25) is 0 Å². The zero-order chi connectivity index (χ0) is 14.8. The molecule has 0 atom stereocenters. The van der Waals surface area contributed by atoms with Gasteiger partial charge in [-0.2, -0.15) is 0 Å². The van der Waals surface area contributed by atoms with E-state index in [1.165, 1.54) is 11.1 Å². The molecular formula is C17H20IN3. The van der Waals surface area contributed by atoms with Crippen LogP contribution in [-0.2, 0) is 12.8 Å². The van der Waals surface area contributed by atoms with Gasteiger partial charge in [0.2, 0.25) is 0 Å². The van der Waals surface area contributed by atoms with Crippen molar-refractivity contribution in [3.63, 3.8) is 0 Å². The summed E-state index contributed by atoms with van der Waals surface area (Å²) in [5.74, 6) is 2.40. The van der Waals surface area contributed by atoms with E-state index < -0.39 is 0 Å². The molecule has 1 aromatic carbocycles. The number of benzene rings is 1. The van der Waals surface area contributed by atoms with E-state index in [-0.39, 0.29) is 0 Å². The summed E-state index contributed by atoms with van der Waals surface area (Å²) in [5, 5.41) is 3.43. The lowest BCUT2D eigenvalue weighted by Gasteiger charge is -2.14. The van der Waals surface area contributed by atoms with Gasteiger partial charge in [0.05, 0.1) is 9.26 Å². The predicted molar refractivity (Wildman–Crippen MR) is 94.9 cm³/mol. The standard InChI is InChI=1S/C17H20IN3/c1-3-8-19-17-15(18)11(2)20-16(21-17)14-9-12-6-4-5-7-13(12)10-14/h4-7,14H,3,8-10H2,1-2H3,(H,19,20,21). The van der Waals surface area contributed by atoms with Crippen LogP contribution in [0.3, 0.4) is 0 Å². The van der Waals surface area contributed by atoms with Crippen LogP contribution in [0.2, 0.25) is 0 Å². The first-order chi connectivity index (χ1) is 10.2. The first-order valence-corrected chi connectivity index (χ1v) is 8.61. The average molecular weight is 393 g/mol. The van der Waals surface area contributed by atoms with Crippen molar-refractivity contribution in [2.45, 2.75) is 39.0 Å². The lowest BCUT2D eigenvalue weighted by Crippen LogP contribution is -2.12. The van der Waals surface area contributed by atoms with E-state index in [0.29, 0.717) is 5.92 Å². The number of hydrogen-bond acceptors (Lipinski definition) is 3. The Morgan fingerprint density at radius 2 is 1.86 bits per heavy atom. The fourth-order valence-corrected chi connectivity index (χ4v) is 3.30. The summed E-state index contributed by atoms with van der Waals surface area (Å²) >= 11 is 2.34. The second kappa shape index (κ2) is 6.30. The average Bonchev–Trinajstić information content (AvgIpc) is 2.92. The van der Waals surface area contributed by atoms with Crippen molar-refractivity contribution in [1.29, 1.82) is 0 Å². The molecule has 3 nitrogen and oxygen atoms in total. The molecule has 4 heteroatoms. The molecule has 1 N–H and O–H groups in total. The van der Waals surface area contributed by atoms with Crippen LogP contribution in [0.1, 0.15) is 41.9 Å². The van der Waals surface area contributed by atoms with E-state index in [0.717, 1.165) is 46.7 Å². The Bertz CT molecular complexity index is 629. The topological polar surface area (TPSA) is 37.8 Å². The van der Waals surface area contributed by atoms with E-state index in [1.807, 2.05) is 0 Å². The number of nitrogens with zero attached hydrogens (tertiary/aromatic N) is 2. The van der Waals surface area contributed by atoms with Crippen molar-refractivity contribution in [1.82, 2.24) is 9.97 Å². The quantitative estimate of drug-likeness (QED) is 0.796. The summed E-state index contributed by atoms with van der Waals surface area (Å²) in [6.07, 6.45) is 3.22. The molecule has 110 valence electrons. The number of hydrogen-bond donors (Lipinski definition) is 1. The molecule has 1 aromatic heterocycles. The van der Waals surface area contributed by atoms with E-state index in [4.69, 9.17) is 9.97 Å². The van der Waals surface area contributed by atoms with Crippen LogP contribution in [0.15, 0.2) is 24.3 Å². The predicted octanol–water partition coefficient (Wildman–Crippen LogP) is 4.09. The molecule has 1 aliphatic carbocycles. The maximum absolute atomic E-state index is 4.81. The highest BCUT2D eigenvalue weighted by atomic mass is 127. The van der Waals surface area contributed by atoms with Gasteiger partial charge in [-0.05, 0) is 59.9 Å². The van der Waals surface area contributed by atoms with Gasteiger partial charge < -0.3 is 5.32 Å². The Balaban J connectivity index is 1.88. The maximum atomic E-state index is 4.81. The molecule has 0 aliphatic heterocycles. The first kappa shape index (κ1) is 14.8. The summed E-state index contributed by atoms with van der Waals surface area (Å²) in [6.45, 7) is 5.20. The molecule has 1 aliphatic rings. The number of aryl methyl sites for hydroxylation is 1. The van der Waals surface area contributed by atoms with E-state index >= 15 is 0 Å². The van der Waals surface area contributed by atoms with Gasteiger partial charge in [0.1, 0.15) is 11.6 Å². The Morgan fingerprint density at radius 1 is 1.19 bits per heavy atom. The third-order valence-electron chi connectivity index (χ3n) is 3.99. The Kier molecular flexibility index (Phi) is 4.42.